The van der Waals surface area contributed by atoms with Crippen molar-refractivity contribution in [1.29, 1.82) is 5.26 Å². The van der Waals surface area contributed by atoms with Crippen molar-refractivity contribution in [3.63, 3.8) is 0 Å². The number of sulfonamides is 1. The zero-order valence-corrected chi connectivity index (χ0v) is 12.5. The second-order valence-electron chi connectivity index (χ2n) is 3.82. The van der Waals surface area contributed by atoms with Gasteiger partial charge in [0.05, 0.1) is 22.5 Å². The van der Waals surface area contributed by atoms with Gasteiger partial charge in [0, 0.05) is 12.1 Å². The molecule has 0 unspecified atom stereocenters. The average Bonchev–Trinajstić information content (AvgIpc) is 2.75. The molecule has 1 aromatic carbocycles. The van der Waals surface area contributed by atoms with Gasteiger partial charge in [-0.25, -0.2) is 0 Å². The van der Waals surface area contributed by atoms with Gasteiger partial charge in [-0.3, -0.25) is 9.40 Å². The molecule has 104 valence electrons. The van der Waals surface area contributed by atoms with Gasteiger partial charge in [0.1, 0.15) is 6.07 Å². The van der Waals surface area contributed by atoms with Crippen LogP contribution >= 0.6 is 23.2 Å². The second kappa shape index (κ2) is 5.32. The molecule has 0 saturated carbocycles. The maximum absolute atomic E-state index is 12.2. The minimum atomic E-state index is -3.88. The fraction of sp³-hybridized carbons (Fsp3) is 0.0909. The van der Waals surface area contributed by atoms with Gasteiger partial charge in [-0.15, -0.1) is 0 Å². The zero-order chi connectivity index (χ0) is 14.9. The summed E-state index contributed by atoms with van der Waals surface area (Å²) in [6.07, 6.45) is 1.35. The maximum atomic E-state index is 12.2. The summed E-state index contributed by atoms with van der Waals surface area (Å²) in [6.45, 7) is 0. The molecule has 0 amide bonds. The minimum Gasteiger partial charge on any atom is -0.277 e. The van der Waals surface area contributed by atoms with E-state index in [-0.39, 0.29) is 26.3 Å². The number of benzene rings is 1. The molecule has 0 fully saturated rings. The number of nitriles is 1. The van der Waals surface area contributed by atoms with Crippen LogP contribution in [0.1, 0.15) is 5.56 Å². The van der Waals surface area contributed by atoms with E-state index in [1.165, 1.54) is 36.1 Å². The van der Waals surface area contributed by atoms with Crippen LogP contribution in [0.5, 0.6) is 0 Å². The Kier molecular flexibility index (Phi) is 3.90. The highest BCUT2D eigenvalue weighted by atomic mass is 35.5. The van der Waals surface area contributed by atoms with E-state index in [1.54, 1.807) is 0 Å². The summed E-state index contributed by atoms with van der Waals surface area (Å²) in [4.78, 5) is 0. The van der Waals surface area contributed by atoms with Gasteiger partial charge >= 0.3 is 0 Å². The van der Waals surface area contributed by atoms with Crippen LogP contribution in [-0.2, 0) is 17.1 Å². The fourth-order valence-electron chi connectivity index (χ4n) is 1.59. The summed E-state index contributed by atoms with van der Waals surface area (Å²) < 4.78 is 27.9. The molecule has 2 rings (SSSR count). The molecular weight excluding hydrogens is 323 g/mol. The Morgan fingerprint density at radius 1 is 1.40 bits per heavy atom. The Balaban J connectivity index is 2.51. The van der Waals surface area contributed by atoms with Crippen LogP contribution in [0.2, 0.25) is 10.0 Å². The van der Waals surface area contributed by atoms with Crippen molar-refractivity contribution in [3.05, 3.63) is 40.0 Å². The molecule has 0 radical (unpaired) electrons. The zero-order valence-electron chi connectivity index (χ0n) is 10.1. The van der Waals surface area contributed by atoms with E-state index >= 15 is 0 Å². The molecule has 1 heterocycles. The van der Waals surface area contributed by atoms with Crippen molar-refractivity contribution in [3.8, 4) is 6.07 Å². The molecule has 0 bridgehead atoms. The van der Waals surface area contributed by atoms with Gasteiger partial charge in [0.2, 0.25) is 0 Å². The third-order valence-corrected chi connectivity index (χ3v) is 4.42. The van der Waals surface area contributed by atoms with E-state index in [9.17, 15) is 8.42 Å². The molecule has 0 spiro atoms. The first-order chi connectivity index (χ1) is 9.35. The predicted octanol–water partition coefficient (Wildman–Crippen LogP) is 2.40. The summed E-state index contributed by atoms with van der Waals surface area (Å²) >= 11 is 11.7. The number of nitrogens with zero attached hydrogens (tertiary/aromatic N) is 3. The van der Waals surface area contributed by atoms with Gasteiger partial charge < -0.3 is 0 Å². The van der Waals surface area contributed by atoms with Crippen LogP contribution < -0.4 is 4.72 Å². The first kappa shape index (κ1) is 14.7. The Bertz CT molecular complexity index is 808. The first-order valence-electron chi connectivity index (χ1n) is 5.25. The Morgan fingerprint density at radius 3 is 2.65 bits per heavy atom. The van der Waals surface area contributed by atoms with Crippen molar-refractivity contribution in [2.45, 2.75) is 5.03 Å². The van der Waals surface area contributed by atoms with E-state index in [0.717, 1.165) is 0 Å². The number of halogens is 2. The summed E-state index contributed by atoms with van der Waals surface area (Å²) in [5.74, 6) is 0. The molecule has 0 atom stereocenters. The lowest BCUT2D eigenvalue weighted by atomic mass is 10.2. The molecule has 1 aromatic heterocycles. The lowest BCUT2D eigenvalue weighted by molar-refractivity contribution is 0.582. The third kappa shape index (κ3) is 2.72. The van der Waals surface area contributed by atoms with E-state index < -0.39 is 10.0 Å². The highest BCUT2D eigenvalue weighted by Gasteiger charge is 2.20. The van der Waals surface area contributed by atoms with Gasteiger partial charge in [0.25, 0.3) is 10.0 Å². The number of hydrogen-bond acceptors (Lipinski definition) is 4. The Labute approximate surface area is 125 Å². The molecule has 20 heavy (non-hydrogen) atoms. The molecule has 0 aliphatic heterocycles. The lowest BCUT2D eigenvalue weighted by Gasteiger charge is -2.10. The summed E-state index contributed by atoms with van der Waals surface area (Å²) in [7, 11) is -2.39. The van der Waals surface area contributed by atoms with Crippen LogP contribution in [0.3, 0.4) is 0 Å². The Hall–Kier alpha value is -1.75. The standard InChI is InChI=1S/C11H8Cl2N4O2S/c1-17-11(2-3-15-17)20(18,19)16-10-5-7(12)4-9(13)8(10)6-14/h2-5,16H,1H3. The van der Waals surface area contributed by atoms with Gasteiger partial charge in [0.15, 0.2) is 5.03 Å². The van der Waals surface area contributed by atoms with E-state index in [2.05, 4.69) is 9.82 Å². The SMILES string of the molecule is Cn1nccc1S(=O)(=O)Nc1cc(Cl)cc(Cl)c1C#N. The van der Waals surface area contributed by atoms with Crippen LogP contribution in [-0.4, -0.2) is 18.2 Å². The van der Waals surface area contributed by atoms with E-state index in [0.29, 0.717) is 0 Å². The number of anilines is 1. The highest BCUT2D eigenvalue weighted by Crippen LogP contribution is 2.30. The highest BCUT2D eigenvalue weighted by molar-refractivity contribution is 7.92. The number of aromatic nitrogens is 2. The summed E-state index contributed by atoms with van der Waals surface area (Å²) in [6, 6.07) is 5.85. The molecule has 6 nitrogen and oxygen atoms in total. The number of rotatable bonds is 3. The number of nitrogens with one attached hydrogen (secondary N) is 1. The molecule has 0 saturated heterocycles. The molecule has 9 heteroatoms. The van der Waals surface area contributed by atoms with Gasteiger partial charge in [-0.05, 0) is 18.2 Å². The summed E-state index contributed by atoms with van der Waals surface area (Å²) in [5, 5.41) is 13.1. The normalized spacial score (nSPS) is 11.1. The van der Waals surface area contributed by atoms with Crippen molar-refractivity contribution < 1.29 is 8.42 Å². The second-order valence-corrected chi connectivity index (χ2v) is 6.29. The van der Waals surface area contributed by atoms with E-state index in [4.69, 9.17) is 28.5 Å². The predicted molar refractivity (Wildman–Crippen MR) is 75.2 cm³/mol. The van der Waals surface area contributed by atoms with Crippen molar-refractivity contribution in [1.82, 2.24) is 9.78 Å². The molecule has 2 aromatic rings. The summed E-state index contributed by atoms with van der Waals surface area (Å²) in [5.41, 5.74) is 0.0213. The topological polar surface area (TPSA) is 87.8 Å². The Morgan fingerprint density at radius 2 is 2.10 bits per heavy atom. The maximum Gasteiger partial charge on any atom is 0.279 e. The van der Waals surface area contributed by atoms with E-state index in [1.807, 2.05) is 6.07 Å². The monoisotopic (exact) mass is 330 g/mol. The molecular formula is C11H8Cl2N4O2S. The van der Waals surface area contributed by atoms with Crippen LogP contribution in [0.4, 0.5) is 5.69 Å². The quantitative estimate of drug-likeness (QED) is 0.935. The number of aryl methyl sites for hydroxylation is 1. The van der Waals surface area contributed by atoms with Crippen molar-refractivity contribution in [2.24, 2.45) is 7.05 Å². The fourth-order valence-corrected chi connectivity index (χ4v) is 3.32. The van der Waals surface area contributed by atoms with Crippen LogP contribution in [0, 0.1) is 11.3 Å². The molecule has 0 aliphatic rings. The smallest absolute Gasteiger partial charge is 0.277 e. The molecule has 0 aliphatic carbocycles. The van der Waals surface area contributed by atoms with Gasteiger partial charge in [-0.2, -0.15) is 18.8 Å². The lowest BCUT2D eigenvalue weighted by Crippen LogP contribution is -2.17. The van der Waals surface area contributed by atoms with Crippen molar-refractivity contribution >= 4 is 38.9 Å². The van der Waals surface area contributed by atoms with Gasteiger partial charge in [-0.1, -0.05) is 23.2 Å². The van der Waals surface area contributed by atoms with Crippen LogP contribution in [0.25, 0.3) is 0 Å². The van der Waals surface area contributed by atoms with Crippen molar-refractivity contribution in [2.75, 3.05) is 4.72 Å². The first-order valence-corrected chi connectivity index (χ1v) is 7.49. The average molecular weight is 331 g/mol. The largest absolute Gasteiger partial charge is 0.279 e. The third-order valence-electron chi connectivity index (χ3n) is 2.46. The molecule has 1 N–H and O–H groups in total. The minimum absolute atomic E-state index is 0.00168. The number of hydrogen-bond donors (Lipinski definition) is 1. The van der Waals surface area contributed by atoms with Crippen LogP contribution in [0.15, 0.2) is 29.4 Å².